The molecule has 5 heteroatoms. The summed E-state index contributed by atoms with van der Waals surface area (Å²) < 4.78 is 5.27. The zero-order valence-electron chi connectivity index (χ0n) is 12.5. The normalized spacial score (nSPS) is 19.5. The maximum absolute atomic E-state index is 4.45. The molecule has 1 aromatic heterocycles. The van der Waals surface area contributed by atoms with Crippen molar-refractivity contribution in [2.75, 3.05) is 11.1 Å². The van der Waals surface area contributed by atoms with Gasteiger partial charge in [0.25, 0.3) is 0 Å². The molecule has 1 aliphatic rings. The fraction of sp³-hybridized carbons (Fsp3) is 0.769. The fourth-order valence-corrected chi connectivity index (χ4v) is 9.01. The van der Waals surface area contributed by atoms with Crippen LogP contribution in [0.25, 0.3) is 0 Å². The first-order valence-electron chi connectivity index (χ1n) is 7.25. The third kappa shape index (κ3) is 2.18. The summed E-state index contributed by atoms with van der Waals surface area (Å²) in [5.74, 6) is 1.42. The van der Waals surface area contributed by atoms with Gasteiger partial charge < -0.3 is 8.80 Å². The van der Waals surface area contributed by atoms with Crippen molar-refractivity contribution in [2.45, 2.75) is 58.0 Å². The molecule has 0 unspecified atom stereocenters. The van der Waals surface area contributed by atoms with E-state index in [1.807, 2.05) is 0 Å². The summed E-state index contributed by atoms with van der Waals surface area (Å²) in [4.78, 5) is 4.45. The van der Waals surface area contributed by atoms with Gasteiger partial charge >= 0.3 is 0 Å². The van der Waals surface area contributed by atoms with E-state index in [1.54, 1.807) is 0 Å². The van der Waals surface area contributed by atoms with E-state index >= 15 is 0 Å². The number of hydrogen-bond acceptors (Lipinski definition) is 2. The van der Waals surface area contributed by atoms with Crippen molar-refractivity contribution in [1.82, 2.24) is 9.22 Å². The molecular weight excluding hydrogens is 254 g/mol. The molecule has 0 aliphatic carbocycles. The lowest BCUT2D eigenvalue weighted by molar-refractivity contribution is 0.950. The third-order valence-electron chi connectivity index (χ3n) is 4.53. The largest absolute Gasteiger partial charge is 0.383 e. The lowest BCUT2D eigenvalue weighted by Crippen LogP contribution is -2.50. The summed E-state index contributed by atoms with van der Waals surface area (Å²) in [6.07, 6.45) is 5.55. The number of anilines is 1. The van der Waals surface area contributed by atoms with Gasteiger partial charge in [-0.05, 0) is 24.6 Å². The monoisotopic (exact) mass is 281 g/mol. The minimum Gasteiger partial charge on any atom is -0.383 e. The Morgan fingerprint density at radius 2 is 1.94 bits per heavy atom. The molecule has 3 nitrogen and oxygen atoms in total. The predicted octanol–water partition coefficient (Wildman–Crippen LogP) is 3.76. The summed E-state index contributed by atoms with van der Waals surface area (Å²) in [6.45, 7) is 13.2. The number of rotatable bonds is 4. The molecule has 0 spiro atoms. The zero-order chi connectivity index (χ0) is 13.4. The van der Waals surface area contributed by atoms with Crippen molar-refractivity contribution in [2.24, 2.45) is 0 Å². The van der Waals surface area contributed by atoms with Gasteiger partial charge in [0.05, 0.1) is 12.5 Å². The van der Waals surface area contributed by atoms with Crippen LogP contribution in [-0.4, -0.2) is 32.2 Å². The lowest BCUT2D eigenvalue weighted by atomic mass is 10.5. The highest BCUT2D eigenvalue weighted by Crippen LogP contribution is 2.37. The standard InChI is InChI=1S/C13H27N3Si2/c1-6-18(7-2)10-8-9-15(18)13-11-14-12-16(13)17(3,4)5/h11-12H,6-10H2,1-5H3. The van der Waals surface area contributed by atoms with Crippen LogP contribution in [0.1, 0.15) is 20.3 Å². The van der Waals surface area contributed by atoms with Crippen molar-refractivity contribution in [3.8, 4) is 0 Å². The maximum Gasteiger partial charge on any atom is 0.157 e. The minimum atomic E-state index is -1.35. The van der Waals surface area contributed by atoms with Crippen LogP contribution >= 0.6 is 0 Å². The van der Waals surface area contributed by atoms with Crippen molar-refractivity contribution >= 4 is 22.3 Å². The topological polar surface area (TPSA) is 21.1 Å². The highest BCUT2D eigenvalue weighted by atomic mass is 28.3. The molecule has 102 valence electrons. The average Bonchev–Trinajstić information content (AvgIpc) is 2.94. The Hall–Kier alpha value is -0.556. The Morgan fingerprint density at radius 1 is 1.28 bits per heavy atom. The SMILES string of the molecule is CC[Si]1(CC)CCCN1c1cncn1[Si](C)(C)C. The Kier molecular flexibility index (Phi) is 3.73. The molecule has 1 aromatic rings. The number of imidazole rings is 1. The van der Waals surface area contributed by atoms with Crippen LogP contribution < -0.4 is 4.57 Å². The van der Waals surface area contributed by atoms with Gasteiger partial charge in [-0.15, -0.1) is 0 Å². The van der Waals surface area contributed by atoms with Gasteiger partial charge in [-0.1, -0.05) is 33.5 Å². The second-order valence-electron chi connectivity index (χ2n) is 6.48. The molecule has 0 atom stereocenters. The molecule has 0 bridgehead atoms. The molecule has 0 radical (unpaired) electrons. The zero-order valence-corrected chi connectivity index (χ0v) is 14.5. The van der Waals surface area contributed by atoms with Gasteiger partial charge in [0.15, 0.2) is 16.5 Å². The van der Waals surface area contributed by atoms with Gasteiger partial charge in [-0.3, -0.25) is 0 Å². The summed E-state index contributed by atoms with van der Waals surface area (Å²) in [5, 5.41) is 0. The van der Waals surface area contributed by atoms with Gasteiger partial charge in [-0.2, -0.15) is 0 Å². The van der Waals surface area contributed by atoms with Gasteiger partial charge in [0.2, 0.25) is 0 Å². The van der Waals surface area contributed by atoms with Crippen molar-refractivity contribution in [3.05, 3.63) is 12.5 Å². The van der Waals surface area contributed by atoms with E-state index in [-0.39, 0.29) is 0 Å². The third-order valence-corrected chi connectivity index (χ3v) is 11.8. The average molecular weight is 282 g/mol. The second kappa shape index (κ2) is 4.85. The number of nitrogens with zero attached hydrogens (tertiary/aromatic N) is 3. The van der Waals surface area contributed by atoms with E-state index in [0.717, 1.165) is 0 Å². The van der Waals surface area contributed by atoms with Crippen LogP contribution in [0.15, 0.2) is 12.5 Å². The molecule has 1 fully saturated rings. The van der Waals surface area contributed by atoms with Crippen molar-refractivity contribution in [1.29, 1.82) is 0 Å². The molecule has 2 heterocycles. The summed E-state index contributed by atoms with van der Waals surface area (Å²) in [5.41, 5.74) is 0. The summed E-state index contributed by atoms with van der Waals surface area (Å²) >= 11 is 0. The van der Waals surface area contributed by atoms with Gasteiger partial charge in [-0.25, -0.2) is 4.98 Å². The van der Waals surface area contributed by atoms with Crippen molar-refractivity contribution in [3.63, 3.8) is 0 Å². The molecule has 0 saturated carbocycles. The first-order chi connectivity index (χ1) is 8.44. The molecule has 0 N–H and O–H groups in total. The van der Waals surface area contributed by atoms with Crippen LogP contribution in [0, 0.1) is 0 Å². The molecule has 1 saturated heterocycles. The minimum absolute atomic E-state index is 1.23. The first-order valence-corrected chi connectivity index (χ1v) is 13.3. The molecule has 0 amide bonds. The maximum atomic E-state index is 4.45. The van der Waals surface area contributed by atoms with Crippen LogP contribution in [0.4, 0.5) is 5.82 Å². The van der Waals surface area contributed by atoms with Crippen molar-refractivity contribution < 1.29 is 0 Å². The number of aromatic nitrogens is 2. The summed E-state index contributed by atoms with van der Waals surface area (Å²) in [6, 6.07) is 4.22. The van der Waals surface area contributed by atoms with Crippen LogP contribution in [0.5, 0.6) is 0 Å². The lowest BCUT2D eigenvalue weighted by Gasteiger charge is -2.38. The Labute approximate surface area is 113 Å². The quantitative estimate of drug-likeness (QED) is 0.784. The van der Waals surface area contributed by atoms with E-state index in [0.29, 0.717) is 0 Å². The molecule has 2 rings (SSSR count). The Balaban J connectivity index is 2.40. The molecule has 0 aromatic carbocycles. The van der Waals surface area contributed by atoms with E-state index < -0.39 is 16.5 Å². The molecular formula is C13H27N3Si2. The van der Waals surface area contributed by atoms with Gasteiger partial charge in [0.1, 0.15) is 5.82 Å². The van der Waals surface area contributed by atoms with Crippen LogP contribution in [0.3, 0.4) is 0 Å². The predicted molar refractivity (Wildman–Crippen MR) is 84.5 cm³/mol. The summed E-state index contributed by atoms with van der Waals surface area (Å²) in [7, 11) is -2.58. The smallest absolute Gasteiger partial charge is 0.157 e. The van der Waals surface area contributed by atoms with Gasteiger partial charge in [0, 0.05) is 6.54 Å². The van der Waals surface area contributed by atoms with Crippen LogP contribution in [-0.2, 0) is 0 Å². The fourth-order valence-electron chi connectivity index (χ4n) is 3.29. The van der Waals surface area contributed by atoms with E-state index in [9.17, 15) is 0 Å². The van der Waals surface area contributed by atoms with E-state index in [1.165, 1.54) is 36.9 Å². The Bertz CT molecular complexity index is 405. The number of hydrogen-bond donors (Lipinski definition) is 0. The van der Waals surface area contributed by atoms with E-state index in [2.05, 4.69) is 59.8 Å². The first kappa shape index (κ1) is 13.9. The van der Waals surface area contributed by atoms with E-state index in [4.69, 9.17) is 0 Å². The molecule has 1 aliphatic heterocycles. The molecule has 18 heavy (non-hydrogen) atoms. The highest BCUT2D eigenvalue weighted by molar-refractivity contribution is 6.84. The Morgan fingerprint density at radius 3 is 2.50 bits per heavy atom. The second-order valence-corrected chi connectivity index (χ2v) is 16.2. The highest BCUT2D eigenvalue weighted by Gasteiger charge is 2.42. The van der Waals surface area contributed by atoms with Crippen LogP contribution in [0.2, 0.25) is 37.8 Å².